The summed E-state index contributed by atoms with van der Waals surface area (Å²) in [5.74, 6) is 0.131. The van der Waals surface area contributed by atoms with E-state index in [4.69, 9.17) is 0 Å². The van der Waals surface area contributed by atoms with Crippen molar-refractivity contribution in [2.24, 2.45) is 0 Å². The molecule has 0 aliphatic heterocycles. The van der Waals surface area contributed by atoms with Crippen LogP contribution in [0.5, 0.6) is 0 Å². The molecule has 0 spiro atoms. The molecule has 14 heavy (non-hydrogen) atoms. The standard InChI is InChI=1S/C11H14NO.Rb/c1-9(13)11(12-2)8-10-6-4-3-5-7-10;/h3-7,11H,8H2,1-2H3;/q-1;+1. The zero-order chi connectivity index (χ0) is 9.68. The van der Waals surface area contributed by atoms with Crippen molar-refractivity contribution >= 4 is 5.78 Å². The van der Waals surface area contributed by atoms with Crippen molar-refractivity contribution in [1.82, 2.24) is 0 Å². The van der Waals surface area contributed by atoms with Crippen LogP contribution in [0.25, 0.3) is 5.32 Å². The summed E-state index contributed by atoms with van der Waals surface area (Å²) in [6.07, 6.45) is 0.715. The average molecular weight is 262 g/mol. The monoisotopic (exact) mass is 261 g/mol. The van der Waals surface area contributed by atoms with Crippen LogP contribution in [-0.4, -0.2) is 18.9 Å². The largest absolute Gasteiger partial charge is 1.00 e. The second-order valence-electron chi connectivity index (χ2n) is 3.07. The fourth-order valence-electron chi connectivity index (χ4n) is 1.25. The Hall–Kier alpha value is 0.655. The van der Waals surface area contributed by atoms with Gasteiger partial charge in [0.25, 0.3) is 0 Å². The van der Waals surface area contributed by atoms with Crippen molar-refractivity contribution in [3.63, 3.8) is 0 Å². The van der Waals surface area contributed by atoms with E-state index in [1.807, 2.05) is 30.3 Å². The van der Waals surface area contributed by atoms with Gasteiger partial charge in [-0.2, -0.15) is 7.05 Å². The van der Waals surface area contributed by atoms with Crippen molar-refractivity contribution in [1.29, 1.82) is 0 Å². The molecular formula is C11H14NORb. The topological polar surface area (TPSA) is 31.2 Å². The summed E-state index contributed by atoms with van der Waals surface area (Å²) in [6, 6.07) is 9.77. The van der Waals surface area contributed by atoms with Crippen LogP contribution in [0.15, 0.2) is 30.3 Å². The number of likely N-dealkylation sites (N-methyl/N-ethyl adjacent to an activating group) is 1. The van der Waals surface area contributed by atoms with Gasteiger partial charge in [-0.1, -0.05) is 36.4 Å². The van der Waals surface area contributed by atoms with Gasteiger partial charge in [-0.3, -0.25) is 0 Å². The Kier molecular flexibility index (Phi) is 8.25. The number of carbonyl (C=O) groups excluding carboxylic acids is 1. The first kappa shape index (κ1) is 14.7. The maximum atomic E-state index is 11.1. The van der Waals surface area contributed by atoms with Crippen molar-refractivity contribution in [2.45, 2.75) is 19.4 Å². The molecule has 1 aromatic rings. The van der Waals surface area contributed by atoms with Gasteiger partial charge >= 0.3 is 58.2 Å². The van der Waals surface area contributed by atoms with Crippen LogP contribution < -0.4 is 58.2 Å². The molecule has 0 fully saturated rings. The predicted molar refractivity (Wildman–Crippen MR) is 53.9 cm³/mol. The number of carbonyl (C=O) groups is 1. The molecule has 70 valence electrons. The minimum absolute atomic E-state index is 0. The summed E-state index contributed by atoms with van der Waals surface area (Å²) in [5.41, 5.74) is 1.16. The Morgan fingerprint density at radius 3 is 2.36 bits per heavy atom. The van der Waals surface area contributed by atoms with E-state index in [-0.39, 0.29) is 70.0 Å². The Morgan fingerprint density at radius 2 is 1.93 bits per heavy atom. The van der Waals surface area contributed by atoms with Gasteiger partial charge in [-0.25, -0.2) is 0 Å². The molecule has 0 bridgehead atoms. The Balaban J connectivity index is 0.00000169. The summed E-state index contributed by atoms with van der Waals surface area (Å²) in [4.78, 5) is 11.1. The van der Waals surface area contributed by atoms with Crippen molar-refractivity contribution in [3.05, 3.63) is 41.2 Å². The molecule has 0 saturated carbocycles. The number of rotatable bonds is 4. The summed E-state index contributed by atoms with van der Waals surface area (Å²) >= 11 is 0. The van der Waals surface area contributed by atoms with Crippen LogP contribution >= 0.6 is 0 Å². The predicted octanol–water partition coefficient (Wildman–Crippen LogP) is -0.806. The number of benzene rings is 1. The van der Waals surface area contributed by atoms with E-state index in [1.54, 1.807) is 14.0 Å². The van der Waals surface area contributed by atoms with Crippen molar-refractivity contribution in [3.8, 4) is 0 Å². The number of Topliss-reactive ketones (excluding diaryl/α,β-unsaturated/α-hetero) is 1. The molecule has 0 aliphatic carbocycles. The molecule has 1 atom stereocenters. The first-order valence-corrected chi connectivity index (χ1v) is 4.37. The third kappa shape index (κ3) is 4.94. The van der Waals surface area contributed by atoms with E-state index in [1.165, 1.54) is 0 Å². The van der Waals surface area contributed by atoms with Gasteiger partial charge in [0.15, 0.2) is 0 Å². The second kappa shape index (κ2) is 7.88. The fraction of sp³-hybridized carbons (Fsp3) is 0.364. The summed E-state index contributed by atoms with van der Waals surface area (Å²) < 4.78 is 0. The molecule has 2 nitrogen and oxygen atoms in total. The van der Waals surface area contributed by atoms with Crippen LogP contribution in [0.3, 0.4) is 0 Å². The van der Waals surface area contributed by atoms with Crippen molar-refractivity contribution < 1.29 is 63.0 Å². The maximum Gasteiger partial charge on any atom is 1.00 e. The van der Waals surface area contributed by atoms with Gasteiger partial charge in [0.05, 0.1) is 0 Å². The molecule has 0 amide bonds. The Labute approximate surface area is 134 Å². The molecule has 1 unspecified atom stereocenters. The van der Waals surface area contributed by atoms with Crippen LogP contribution in [-0.2, 0) is 11.2 Å². The van der Waals surface area contributed by atoms with Gasteiger partial charge < -0.3 is 10.1 Å². The normalized spacial score (nSPS) is 11.6. The molecular weight excluding hydrogens is 248 g/mol. The number of nitrogens with zero attached hydrogens (tertiary/aromatic N) is 1. The number of hydrogen-bond donors (Lipinski definition) is 0. The fourth-order valence-corrected chi connectivity index (χ4v) is 1.25. The minimum atomic E-state index is -0.178. The second-order valence-corrected chi connectivity index (χ2v) is 3.07. The molecule has 0 saturated heterocycles. The summed E-state index contributed by atoms with van der Waals surface area (Å²) in [6.45, 7) is 1.58. The van der Waals surface area contributed by atoms with E-state index in [0.717, 1.165) is 5.56 Å². The molecule has 3 heteroatoms. The van der Waals surface area contributed by atoms with Gasteiger partial charge in [-0.05, 0) is 18.9 Å². The quantitative estimate of drug-likeness (QED) is 0.698. The average Bonchev–Trinajstić information content (AvgIpc) is 2.15. The molecule has 0 aromatic heterocycles. The van der Waals surface area contributed by atoms with Crippen molar-refractivity contribution in [2.75, 3.05) is 7.05 Å². The van der Waals surface area contributed by atoms with E-state index < -0.39 is 0 Å². The van der Waals surface area contributed by atoms with Crippen LogP contribution in [0.1, 0.15) is 12.5 Å². The third-order valence-corrected chi connectivity index (χ3v) is 2.05. The first-order chi connectivity index (χ1) is 6.24. The maximum absolute atomic E-state index is 11.1. The summed E-state index contributed by atoms with van der Waals surface area (Å²) in [7, 11) is 1.69. The molecule has 0 heterocycles. The SMILES string of the molecule is C[N-]C(Cc1ccccc1)C(C)=O.[Rb+]. The van der Waals surface area contributed by atoms with E-state index in [2.05, 4.69) is 5.32 Å². The molecule has 0 aliphatic rings. The van der Waals surface area contributed by atoms with E-state index in [9.17, 15) is 4.79 Å². The van der Waals surface area contributed by atoms with Crippen LogP contribution in [0, 0.1) is 0 Å². The van der Waals surface area contributed by atoms with Gasteiger partial charge in [0.2, 0.25) is 0 Å². The van der Waals surface area contributed by atoms with Gasteiger partial charge in [-0.15, -0.1) is 0 Å². The number of ketones is 1. The Bertz CT molecular complexity index is 274. The Morgan fingerprint density at radius 1 is 1.36 bits per heavy atom. The molecule has 1 aromatic carbocycles. The third-order valence-electron chi connectivity index (χ3n) is 2.05. The zero-order valence-electron chi connectivity index (χ0n) is 9.03. The smallest absolute Gasteiger partial charge is 0.656 e. The van der Waals surface area contributed by atoms with Crippen LogP contribution in [0.4, 0.5) is 0 Å². The molecule has 0 radical (unpaired) electrons. The first-order valence-electron chi connectivity index (χ1n) is 4.37. The van der Waals surface area contributed by atoms with Gasteiger partial charge in [0, 0.05) is 0 Å². The van der Waals surface area contributed by atoms with Gasteiger partial charge in [0.1, 0.15) is 5.78 Å². The number of hydrogen-bond acceptors (Lipinski definition) is 1. The van der Waals surface area contributed by atoms with E-state index in [0.29, 0.717) is 6.42 Å². The zero-order valence-corrected chi connectivity index (χ0v) is 13.9. The summed E-state index contributed by atoms with van der Waals surface area (Å²) in [5, 5.41) is 4.03. The van der Waals surface area contributed by atoms with E-state index >= 15 is 0 Å². The molecule has 1 rings (SSSR count). The minimum Gasteiger partial charge on any atom is -0.656 e. The van der Waals surface area contributed by atoms with Crippen LogP contribution in [0.2, 0.25) is 0 Å². The molecule has 0 N–H and O–H groups in total.